The highest BCUT2D eigenvalue weighted by atomic mass is 32.1. The van der Waals surface area contributed by atoms with Gasteiger partial charge in [-0.15, -0.1) is 11.3 Å². The van der Waals surface area contributed by atoms with E-state index in [0.29, 0.717) is 18.1 Å². The third kappa shape index (κ3) is 2.73. The van der Waals surface area contributed by atoms with Gasteiger partial charge >= 0.3 is 5.69 Å². The molecule has 2 aromatic heterocycles. The zero-order valence-corrected chi connectivity index (χ0v) is 11.8. The molecule has 0 atom stereocenters. The fourth-order valence-corrected chi connectivity index (χ4v) is 2.63. The lowest BCUT2D eigenvalue weighted by Crippen LogP contribution is -2.23. The Labute approximate surface area is 114 Å². The molecule has 2 aromatic rings. The maximum absolute atomic E-state index is 11.1. The molecule has 0 aromatic carbocycles. The second-order valence-corrected chi connectivity index (χ2v) is 5.21. The summed E-state index contributed by atoms with van der Waals surface area (Å²) in [6.45, 7) is 2.31. The van der Waals surface area contributed by atoms with Crippen molar-refractivity contribution in [1.29, 1.82) is 0 Å². The number of hydrogen-bond acceptors (Lipinski definition) is 6. The highest BCUT2D eigenvalue weighted by molar-refractivity contribution is 7.09. The van der Waals surface area contributed by atoms with Gasteiger partial charge in [0.2, 0.25) is 5.82 Å². The van der Waals surface area contributed by atoms with Crippen LogP contribution < -0.4 is 4.90 Å². The molecule has 7 nitrogen and oxygen atoms in total. The summed E-state index contributed by atoms with van der Waals surface area (Å²) >= 11 is 1.59. The van der Waals surface area contributed by atoms with Crippen LogP contribution in [0, 0.1) is 17.0 Å². The van der Waals surface area contributed by atoms with Crippen LogP contribution in [0.1, 0.15) is 10.7 Å². The molecule has 0 aliphatic rings. The third-order valence-electron chi connectivity index (χ3n) is 2.85. The smallest absolute Gasteiger partial charge is 0.333 e. The number of aryl methyl sites for hydroxylation is 2. The van der Waals surface area contributed by atoms with Gasteiger partial charge in [-0.3, -0.25) is 10.1 Å². The molecule has 0 aliphatic heterocycles. The van der Waals surface area contributed by atoms with Crippen LogP contribution in [0.3, 0.4) is 0 Å². The van der Waals surface area contributed by atoms with E-state index in [1.165, 1.54) is 0 Å². The normalized spacial score (nSPS) is 10.7. The lowest BCUT2D eigenvalue weighted by molar-refractivity contribution is -0.384. The Morgan fingerprint density at radius 1 is 1.58 bits per heavy atom. The van der Waals surface area contributed by atoms with Gasteiger partial charge in [-0.25, -0.2) is 9.67 Å². The van der Waals surface area contributed by atoms with E-state index in [-0.39, 0.29) is 10.6 Å². The van der Waals surface area contributed by atoms with Crippen LogP contribution in [0.25, 0.3) is 0 Å². The molecule has 102 valence electrons. The maximum Gasteiger partial charge on any atom is 0.333 e. The van der Waals surface area contributed by atoms with Crippen LogP contribution >= 0.6 is 11.3 Å². The molecule has 0 unspecified atom stereocenters. The van der Waals surface area contributed by atoms with Crippen LogP contribution in [0.4, 0.5) is 11.5 Å². The molecular formula is C11H15N5O2S. The molecule has 8 heteroatoms. The minimum absolute atomic E-state index is 0.0733. The summed E-state index contributed by atoms with van der Waals surface area (Å²) in [4.78, 5) is 16.8. The van der Waals surface area contributed by atoms with Gasteiger partial charge in [0, 0.05) is 38.6 Å². The number of thiazole rings is 1. The Bertz CT molecular complexity index is 578. The van der Waals surface area contributed by atoms with E-state index in [9.17, 15) is 10.1 Å². The van der Waals surface area contributed by atoms with Crippen LogP contribution in [0.5, 0.6) is 0 Å². The van der Waals surface area contributed by atoms with Gasteiger partial charge in [-0.1, -0.05) is 0 Å². The second kappa shape index (κ2) is 5.35. The molecule has 2 rings (SSSR count). The summed E-state index contributed by atoms with van der Waals surface area (Å²) in [5.74, 6) is 0.527. The van der Waals surface area contributed by atoms with Crippen molar-refractivity contribution in [3.63, 3.8) is 0 Å². The molecule has 0 saturated heterocycles. The molecule has 2 heterocycles. The van der Waals surface area contributed by atoms with E-state index in [2.05, 4.69) is 10.1 Å². The Morgan fingerprint density at radius 3 is 2.89 bits per heavy atom. The fraction of sp³-hybridized carbons (Fsp3) is 0.455. The zero-order chi connectivity index (χ0) is 14.0. The third-order valence-corrected chi connectivity index (χ3v) is 3.69. The Balaban J connectivity index is 2.18. The average Bonchev–Trinajstić information content (AvgIpc) is 2.93. The van der Waals surface area contributed by atoms with Gasteiger partial charge in [0.05, 0.1) is 9.93 Å². The van der Waals surface area contributed by atoms with Crippen molar-refractivity contribution in [3.05, 3.63) is 32.4 Å². The second-order valence-electron chi connectivity index (χ2n) is 4.24. The van der Waals surface area contributed by atoms with Crippen molar-refractivity contribution >= 4 is 22.8 Å². The Kier molecular flexibility index (Phi) is 3.79. The first kappa shape index (κ1) is 13.5. The molecule has 0 aliphatic carbocycles. The predicted octanol–water partition coefficient (Wildman–Crippen LogP) is 1.77. The number of hydrogen-bond donors (Lipinski definition) is 0. The molecule has 19 heavy (non-hydrogen) atoms. The topological polar surface area (TPSA) is 77.1 Å². The van der Waals surface area contributed by atoms with Crippen LogP contribution in [0.2, 0.25) is 0 Å². The van der Waals surface area contributed by atoms with Crippen molar-refractivity contribution < 1.29 is 4.92 Å². The predicted molar refractivity (Wildman–Crippen MR) is 73.7 cm³/mol. The van der Waals surface area contributed by atoms with Gasteiger partial charge in [-0.05, 0) is 6.92 Å². The SMILES string of the molecule is Cc1nn(C)c(N(C)CCc2nccs2)c1[N+](=O)[O-]. The van der Waals surface area contributed by atoms with E-state index in [0.717, 1.165) is 11.4 Å². The maximum atomic E-state index is 11.1. The molecule has 0 fully saturated rings. The number of nitro groups is 1. The molecule has 0 amide bonds. The highest BCUT2D eigenvalue weighted by Gasteiger charge is 2.26. The van der Waals surface area contributed by atoms with Crippen molar-refractivity contribution in [2.75, 3.05) is 18.5 Å². The van der Waals surface area contributed by atoms with Crippen LogP contribution in [0.15, 0.2) is 11.6 Å². The summed E-state index contributed by atoms with van der Waals surface area (Å²) in [5.41, 5.74) is 0.507. The molecule has 0 saturated carbocycles. The van der Waals surface area contributed by atoms with E-state index >= 15 is 0 Å². The first-order chi connectivity index (χ1) is 9.00. The van der Waals surface area contributed by atoms with Crippen molar-refractivity contribution in [1.82, 2.24) is 14.8 Å². The lowest BCUT2D eigenvalue weighted by Gasteiger charge is -2.17. The van der Waals surface area contributed by atoms with Crippen molar-refractivity contribution in [2.24, 2.45) is 7.05 Å². The number of nitrogens with zero attached hydrogens (tertiary/aromatic N) is 5. The first-order valence-corrected chi connectivity index (χ1v) is 6.66. The molecule has 0 bridgehead atoms. The van der Waals surface area contributed by atoms with Gasteiger partial charge in [0.15, 0.2) is 0 Å². The molecule has 0 N–H and O–H groups in total. The van der Waals surface area contributed by atoms with E-state index in [1.807, 2.05) is 17.3 Å². The summed E-state index contributed by atoms with van der Waals surface area (Å²) < 4.78 is 1.55. The summed E-state index contributed by atoms with van der Waals surface area (Å²) in [6, 6.07) is 0. The fourth-order valence-electron chi connectivity index (χ4n) is 2.02. The Morgan fingerprint density at radius 2 is 2.32 bits per heavy atom. The molecule has 0 spiro atoms. The Hall–Kier alpha value is -1.96. The van der Waals surface area contributed by atoms with Gasteiger partial charge in [0.1, 0.15) is 5.69 Å². The van der Waals surface area contributed by atoms with Crippen LogP contribution in [-0.4, -0.2) is 33.3 Å². The largest absolute Gasteiger partial charge is 0.354 e. The zero-order valence-electron chi connectivity index (χ0n) is 11.0. The van der Waals surface area contributed by atoms with Gasteiger partial charge in [0.25, 0.3) is 0 Å². The van der Waals surface area contributed by atoms with Gasteiger partial charge < -0.3 is 4.90 Å². The number of rotatable bonds is 5. The standard InChI is InChI=1S/C11H15N5O2S/c1-8-10(16(17)18)11(15(3)13-8)14(2)6-4-9-12-5-7-19-9/h5,7H,4,6H2,1-3H3. The quantitative estimate of drug-likeness (QED) is 0.616. The first-order valence-electron chi connectivity index (χ1n) is 5.78. The van der Waals surface area contributed by atoms with Crippen molar-refractivity contribution in [2.45, 2.75) is 13.3 Å². The highest BCUT2D eigenvalue weighted by Crippen LogP contribution is 2.30. The number of likely N-dealkylation sites (N-methyl/N-ethyl adjacent to an activating group) is 1. The van der Waals surface area contributed by atoms with E-state index < -0.39 is 0 Å². The monoisotopic (exact) mass is 281 g/mol. The van der Waals surface area contributed by atoms with Crippen molar-refractivity contribution in [3.8, 4) is 0 Å². The molecule has 0 radical (unpaired) electrons. The summed E-state index contributed by atoms with van der Waals surface area (Å²) in [5, 5.41) is 18.2. The van der Waals surface area contributed by atoms with E-state index in [1.54, 1.807) is 36.2 Å². The number of aromatic nitrogens is 3. The van der Waals surface area contributed by atoms with Crippen LogP contribution in [-0.2, 0) is 13.5 Å². The minimum atomic E-state index is -0.377. The number of anilines is 1. The minimum Gasteiger partial charge on any atom is -0.354 e. The summed E-state index contributed by atoms with van der Waals surface area (Å²) in [7, 11) is 3.55. The average molecular weight is 281 g/mol. The molecular weight excluding hydrogens is 266 g/mol. The van der Waals surface area contributed by atoms with E-state index in [4.69, 9.17) is 0 Å². The summed E-state index contributed by atoms with van der Waals surface area (Å²) in [6.07, 6.45) is 2.52. The van der Waals surface area contributed by atoms with Gasteiger partial charge in [-0.2, -0.15) is 5.10 Å². The lowest BCUT2D eigenvalue weighted by atomic mass is 10.3.